The van der Waals surface area contributed by atoms with Crippen LogP contribution in [0.3, 0.4) is 0 Å². The summed E-state index contributed by atoms with van der Waals surface area (Å²) in [6, 6.07) is 7.73. The van der Waals surface area contributed by atoms with E-state index in [0.717, 1.165) is 30.0 Å². The Balaban J connectivity index is 1.84. The highest BCUT2D eigenvalue weighted by molar-refractivity contribution is 5.92. The number of benzene rings is 1. The molecule has 1 aliphatic heterocycles. The molecule has 1 amide bonds. The Morgan fingerprint density at radius 2 is 2.10 bits per heavy atom. The third kappa shape index (κ3) is 2.44. The van der Waals surface area contributed by atoms with Gasteiger partial charge in [0.15, 0.2) is 0 Å². The van der Waals surface area contributed by atoms with Crippen LogP contribution in [-0.2, 0) is 17.8 Å². The average Bonchev–Trinajstić information content (AvgIpc) is 2.92. The summed E-state index contributed by atoms with van der Waals surface area (Å²) in [4.78, 5) is 15.8. The van der Waals surface area contributed by atoms with E-state index in [4.69, 9.17) is 5.73 Å². The van der Waals surface area contributed by atoms with Crippen molar-refractivity contribution in [3.05, 3.63) is 36.2 Å². The fraction of sp³-hybridized carbons (Fsp3) is 0.333. The van der Waals surface area contributed by atoms with Gasteiger partial charge >= 0.3 is 0 Å². The van der Waals surface area contributed by atoms with Crippen molar-refractivity contribution in [2.75, 3.05) is 11.9 Å². The maximum atomic E-state index is 11.2. The highest BCUT2D eigenvalue weighted by Gasteiger charge is 2.14. The summed E-state index contributed by atoms with van der Waals surface area (Å²) in [5, 5.41) is 2.74. The highest BCUT2D eigenvalue weighted by Crippen LogP contribution is 2.25. The van der Waals surface area contributed by atoms with E-state index in [-0.39, 0.29) is 12.5 Å². The standard InChI is InChI=1S/C15H18N4O/c16-9-14(20)18-12-6-4-11(5-7-12)15-17-10-13-3-1-2-8-19(13)15/h4-7,10H,1-3,8-9,16H2,(H,18,20). The van der Waals surface area contributed by atoms with Gasteiger partial charge in [0.2, 0.25) is 5.91 Å². The molecule has 3 rings (SSSR count). The molecule has 2 aromatic rings. The average molecular weight is 270 g/mol. The van der Waals surface area contributed by atoms with Gasteiger partial charge in [-0.2, -0.15) is 0 Å². The van der Waals surface area contributed by atoms with Crippen LogP contribution in [0.5, 0.6) is 0 Å². The van der Waals surface area contributed by atoms with E-state index in [1.165, 1.54) is 18.5 Å². The largest absolute Gasteiger partial charge is 0.328 e. The molecule has 20 heavy (non-hydrogen) atoms. The van der Waals surface area contributed by atoms with Crippen molar-refractivity contribution >= 4 is 11.6 Å². The number of carbonyl (C=O) groups is 1. The van der Waals surface area contributed by atoms with Gasteiger partial charge in [-0.1, -0.05) is 0 Å². The van der Waals surface area contributed by atoms with E-state index in [1.807, 2.05) is 30.5 Å². The third-order valence-corrected chi connectivity index (χ3v) is 3.62. The molecule has 5 nitrogen and oxygen atoms in total. The minimum Gasteiger partial charge on any atom is -0.328 e. The number of hydrogen-bond acceptors (Lipinski definition) is 3. The quantitative estimate of drug-likeness (QED) is 0.893. The molecule has 2 heterocycles. The van der Waals surface area contributed by atoms with E-state index in [0.29, 0.717) is 0 Å². The molecule has 0 aliphatic carbocycles. The van der Waals surface area contributed by atoms with E-state index in [9.17, 15) is 4.79 Å². The molecule has 0 spiro atoms. The second-order valence-corrected chi connectivity index (χ2v) is 5.01. The Labute approximate surface area is 117 Å². The number of imidazole rings is 1. The summed E-state index contributed by atoms with van der Waals surface area (Å²) >= 11 is 0. The molecule has 0 saturated carbocycles. The summed E-state index contributed by atoms with van der Waals surface area (Å²) in [6.45, 7) is 1.03. The van der Waals surface area contributed by atoms with Crippen molar-refractivity contribution in [2.24, 2.45) is 5.73 Å². The van der Waals surface area contributed by atoms with Crippen LogP contribution < -0.4 is 11.1 Å². The number of nitrogens with two attached hydrogens (primary N) is 1. The predicted octanol–water partition coefficient (Wildman–Crippen LogP) is 1.78. The van der Waals surface area contributed by atoms with Crippen molar-refractivity contribution in [2.45, 2.75) is 25.8 Å². The van der Waals surface area contributed by atoms with Crippen molar-refractivity contribution < 1.29 is 4.79 Å². The summed E-state index contributed by atoms with van der Waals surface area (Å²) in [6.07, 6.45) is 5.53. The van der Waals surface area contributed by atoms with Crippen molar-refractivity contribution in [1.29, 1.82) is 0 Å². The lowest BCUT2D eigenvalue weighted by molar-refractivity contribution is -0.114. The number of fused-ring (bicyclic) bond motifs is 1. The SMILES string of the molecule is NCC(=O)Nc1ccc(-c2ncc3n2CCCC3)cc1. The first-order chi connectivity index (χ1) is 9.78. The number of aromatic nitrogens is 2. The Kier molecular flexibility index (Phi) is 3.52. The zero-order valence-electron chi connectivity index (χ0n) is 11.3. The number of nitrogens with zero attached hydrogens (tertiary/aromatic N) is 2. The molecule has 0 unspecified atom stereocenters. The molecule has 104 valence electrons. The van der Waals surface area contributed by atoms with E-state index >= 15 is 0 Å². The van der Waals surface area contributed by atoms with Crippen LogP contribution in [0.2, 0.25) is 0 Å². The van der Waals surface area contributed by atoms with Crippen LogP contribution in [0, 0.1) is 0 Å². The number of aryl methyl sites for hydroxylation is 1. The normalized spacial score (nSPS) is 13.8. The van der Waals surface area contributed by atoms with Crippen molar-refractivity contribution in [1.82, 2.24) is 9.55 Å². The van der Waals surface area contributed by atoms with Gasteiger partial charge in [-0.25, -0.2) is 4.98 Å². The molecule has 0 saturated heterocycles. The van der Waals surface area contributed by atoms with Crippen LogP contribution in [0.1, 0.15) is 18.5 Å². The molecule has 0 atom stereocenters. The fourth-order valence-electron chi connectivity index (χ4n) is 2.58. The molecule has 1 aromatic heterocycles. The zero-order valence-corrected chi connectivity index (χ0v) is 11.3. The Hall–Kier alpha value is -2.14. The maximum absolute atomic E-state index is 11.2. The molecular formula is C15H18N4O. The van der Waals surface area contributed by atoms with Crippen LogP contribution in [0.25, 0.3) is 11.4 Å². The zero-order chi connectivity index (χ0) is 13.9. The molecule has 1 aliphatic rings. The molecule has 0 bridgehead atoms. The van der Waals surface area contributed by atoms with E-state index in [2.05, 4.69) is 14.9 Å². The van der Waals surface area contributed by atoms with Gasteiger partial charge in [0.05, 0.1) is 6.54 Å². The number of rotatable bonds is 3. The van der Waals surface area contributed by atoms with Crippen LogP contribution in [-0.4, -0.2) is 22.0 Å². The minimum absolute atomic E-state index is 0.00445. The summed E-state index contributed by atoms with van der Waals surface area (Å²) in [7, 11) is 0. The van der Waals surface area contributed by atoms with E-state index < -0.39 is 0 Å². The lowest BCUT2D eigenvalue weighted by atomic mass is 10.1. The highest BCUT2D eigenvalue weighted by atomic mass is 16.1. The van der Waals surface area contributed by atoms with Crippen LogP contribution in [0.15, 0.2) is 30.5 Å². The van der Waals surface area contributed by atoms with Crippen LogP contribution >= 0.6 is 0 Å². The van der Waals surface area contributed by atoms with Gasteiger partial charge in [-0.05, 0) is 43.5 Å². The lowest BCUT2D eigenvalue weighted by Crippen LogP contribution is -2.21. The van der Waals surface area contributed by atoms with E-state index in [1.54, 1.807) is 0 Å². The summed E-state index contributed by atoms with van der Waals surface area (Å²) < 4.78 is 2.29. The Morgan fingerprint density at radius 3 is 2.85 bits per heavy atom. The lowest BCUT2D eigenvalue weighted by Gasteiger charge is -2.16. The topological polar surface area (TPSA) is 72.9 Å². The number of nitrogens with one attached hydrogen (secondary N) is 1. The van der Waals surface area contributed by atoms with Gasteiger partial charge in [-0.3, -0.25) is 4.79 Å². The van der Waals surface area contributed by atoms with Gasteiger partial charge in [0, 0.05) is 29.7 Å². The predicted molar refractivity (Wildman–Crippen MR) is 78.3 cm³/mol. The molecular weight excluding hydrogens is 252 g/mol. The number of amides is 1. The van der Waals surface area contributed by atoms with Crippen molar-refractivity contribution in [3.8, 4) is 11.4 Å². The van der Waals surface area contributed by atoms with Crippen LogP contribution in [0.4, 0.5) is 5.69 Å². The van der Waals surface area contributed by atoms with Gasteiger partial charge < -0.3 is 15.6 Å². The summed E-state index contributed by atoms with van der Waals surface area (Å²) in [5.41, 5.74) is 8.42. The van der Waals surface area contributed by atoms with Gasteiger partial charge in [0.25, 0.3) is 0 Å². The first-order valence-electron chi connectivity index (χ1n) is 6.92. The Bertz CT molecular complexity index is 615. The molecule has 3 N–H and O–H groups in total. The molecule has 0 radical (unpaired) electrons. The fourth-order valence-corrected chi connectivity index (χ4v) is 2.58. The first-order valence-corrected chi connectivity index (χ1v) is 6.92. The first kappa shape index (κ1) is 12.9. The summed E-state index contributed by atoms with van der Waals surface area (Å²) in [5.74, 6) is 0.826. The monoisotopic (exact) mass is 270 g/mol. The molecule has 0 fully saturated rings. The molecule has 1 aromatic carbocycles. The minimum atomic E-state index is -0.184. The van der Waals surface area contributed by atoms with Crippen molar-refractivity contribution in [3.63, 3.8) is 0 Å². The second kappa shape index (κ2) is 5.46. The third-order valence-electron chi connectivity index (χ3n) is 3.62. The smallest absolute Gasteiger partial charge is 0.238 e. The number of carbonyl (C=O) groups excluding carboxylic acids is 1. The van der Waals surface area contributed by atoms with Gasteiger partial charge in [-0.15, -0.1) is 0 Å². The maximum Gasteiger partial charge on any atom is 0.238 e. The number of hydrogen-bond donors (Lipinski definition) is 2. The number of anilines is 1. The second-order valence-electron chi connectivity index (χ2n) is 5.01. The Morgan fingerprint density at radius 1 is 1.30 bits per heavy atom. The van der Waals surface area contributed by atoms with Gasteiger partial charge in [0.1, 0.15) is 5.82 Å². The molecule has 5 heteroatoms.